The number of ether oxygens (including phenoxy) is 1. The molecule has 1 heterocycles. The van der Waals surface area contributed by atoms with E-state index in [-0.39, 0.29) is 24.2 Å². The smallest absolute Gasteiger partial charge is 0.270 e. The number of nitro benzene ring substituents is 1. The molecule has 26 heavy (non-hydrogen) atoms. The summed E-state index contributed by atoms with van der Waals surface area (Å²) in [6, 6.07) is 9.12. The van der Waals surface area contributed by atoms with Gasteiger partial charge in [-0.2, -0.15) is 0 Å². The first kappa shape index (κ1) is 17.5. The molecule has 3 rings (SSSR count). The molecule has 9 heteroatoms. The summed E-state index contributed by atoms with van der Waals surface area (Å²) in [6.45, 7) is -0.225. The molecule has 0 saturated carbocycles. The molecule has 0 aliphatic carbocycles. The third kappa shape index (κ3) is 3.83. The van der Waals surface area contributed by atoms with Gasteiger partial charge in [0.05, 0.1) is 28.7 Å². The lowest BCUT2D eigenvalue weighted by molar-refractivity contribution is -0.384. The normalized spacial score (nSPS) is 12.1. The molecule has 0 aliphatic rings. The van der Waals surface area contributed by atoms with Crippen LogP contribution in [0.4, 0.5) is 10.1 Å². The lowest BCUT2D eigenvalue weighted by Crippen LogP contribution is -2.30. The Kier molecular flexibility index (Phi) is 4.90. The zero-order valence-corrected chi connectivity index (χ0v) is 13.4. The molecule has 3 aromatic rings. The second-order valence-corrected chi connectivity index (χ2v) is 5.58. The van der Waals surface area contributed by atoms with Crippen LogP contribution in [0.25, 0.3) is 10.9 Å². The first-order valence-corrected chi connectivity index (χ1v) is 7.64. The molecular weight excluding hydrogens is 345 g/mol. The van der Waals surface area contributed by atoms with Gasteiger partial charge in [-0.1, -0.05) is 0 Å². The van der Waals surface area contributed by atoms with Crippen molar-refractivity contribution in [1.29, 1.82) is 0 Å². The molecule has 1 atom stereocenters. The topological polar surface area (TPSA) is 107 Å². The maximum absolute atomic E-state index is 12.8. The van der Waals surface area contributed by atoms with Crippen LogP contribution in [0.1, 0.15) is 0 Å². The fraction of sp³-hybridized carbons (Fsp3) is 0.176. The molecule has 1 aromatic heterocycles. The van der Waals surface area contributed by atoms with Gasteiger partial charge in [-0.25, -0.2) is 9.37 Å². The Morgan fingerprint density at radius 2 is 2.00 bits per heavy atom. The van der Waals surface area contributed by atoms with Gasteiger partial charge in [0.25, 0.3) is 11.2 Å². The molecule has 1 unspecified atom stereocenters. The van der Waals surface area contributed by atoms with Crippen molar-refractivity contribution >= 4 is 16.6 Å². The molecule has 8 nitrogen and oxygen atoms in total. The summed E-state index contributed by atoms with van der Waals surface area (Å²) in [7, 11) is 0. The molecule has 0 spiro atoms. The molecule has 0 amide bonds. The van der Waals surface area contributed by atoms with Crippen molar-refractivity contribution in [3.8, 4) is 5.75 Å². The third-order valence-electron chi connectivity index (χ3n) is 3.68. The monoisotopic (exact) mass is 359 g/mol. The number of aromatic nitrogens is 2. The summed E-state index contributed by atoms with van der Waals surface area (Å²) in [6.07, 6.45) is 0.230. The Bertz CT molecular complexity index is 1000. The van der Waals surface area contributed by atoms with Gasteiger partial charge in [0.2, 0.25) is 0 Å². The van der Waals surface area contributed by atoms with Crippen molar-refractivity contribution in [3.63, 3.8) is 0 Å². The van der Waals surface area contributed by atoms with E-state index in [9.17, 15) is 24.4 Å². The number of fused-ring (bicyclic) bond motifs is 1. The van der Waals surface area contributed by atoms with Gasteiger partial charge in [-0.3, -0.25) is 19.5 Å². The minimum Gasteiger partial charge on any atom is -0.491 e. The Morgan fingerprint density at radius 1 is 1.27 bits per heavy atom. The highest BCUT2D eigenvalue weighted by atomic mass is 19.1. The lowest BCUT2D eigenvalue weighted by atomic mass is 10.2. The van der Waals surface area contributed by atoms with Gasteiger partial charge in [-0.05, 0) is 30.3 Å². The van der Waals surface area contributed by atoms with E-state index in [1.54, 1.807) is 0 Å². The summed E-state index contributed by atoms with van der Waals surface area (Å²) >= 11 is 0. The largest absolute Gasteiger partial charge is 0.491 e. The van der Waals surface area contributed by atoms with Crippen molar-refractivity contribution in [2.75, 3.05) is 6.61 Å². The minimum absolute atomic E-state index is 0.0911. The van der Waals surface area contributed by atoms with Gasteiger partial charge in [0, 0.05) is 12.1 Å². The quantitative estimate of drug-likeness (QED) is 0.532. The number of nitrogens with zero attached hydrogens (tertiary/aromatic N) is 3. The molecule has 0 bridgehead atoms. The summed E-state index contributed by atoms with van der Waals surface area (Å²) < 4.78 is 19.3. The van der Waals surface area contributed by atoms with Crippen LogP contribution >= 0.6 is 0 Å². The van der Waals surface area contributed by atoms with E-state index in [0.717, 1.165) is 10.6 Å². The number of benzene rings is 2. The molecule has 0 fully saturated rings. The number of hydrogen-bond donors (Lipinski definition) is 1. The van der Waals surface area contributed by atoms with Crippen LogP contribution in [0, 0.1) is 15.9 Å². The standard InChI is InChI=1S/C17H14FN3O5/c18-11-1-4-14(5-2-11)26-9-13(22)8-20-10-19-16-6-3-12(21(24)25)7-15(16)17(20)23/h1-7,10,13,22H,8-9H2. The predicted octanol–water partition coefficient (Wildman–Crippen LogP) is 1.88. The molecular formula is C17H14FN3O5. The maximum Gasteiger partial charge on any atom is 0.270 e. The highest BCUT2D eigenvalue weighted by molar-refractivity contribution is 5.79. The maximum atomic E-state index is 12.8. The van der Waals surface area contributed by atoms with Crippen LogP contribution in [-0.2, 0) is 6.54 Å². The molecule has 0 aliphatic heterocycles. The molecule has 0 saturated heterocycles. The van der Waals surface area contributed by atoms with Crippen LogP contribution in [-0.4, -0.2) is 32.3 Å². The lowest BCUT2D eigenvalue weighted by Gasteiger charge is -2.14. The third-order valence-corrected chi connectivity index (χ3v) is 3.68. The summed E-state index contributed by atoms with van der Waals surface area (Å²) in [4.78, 5) is 26.8. The Balaban J connectivity index is 1.75. The van der Waals surface area contributed by atoms with Crippen molar-refractivity contribution < 1.29 is 19.2 Å². The Hall–Kier alpha value is -3.33. The highest BCUT2D eigenvalue weighted by Gasteiger charge is 2.13. The van der Waals surface area contributed by atoms with E-state index in [1.165, 1.54) is 42.7 Å². The first-order chi connectivity index (χ1) is 12.4. The van der Waals surface area contributed by atoms with Crippen LogP contribution in [0.5, 0.6) is 5.75 Å². The zero-order valence-electron chi connectivity index (χ0n) is 13.4. The van der Waals surface area contributed by atoms with Gasteiger partial charge in [-0.15, -0.1) is 0 Å². The van der Waals surface area contributed by atoms with E-state index >= 15 is 0 Å². The number of aliphatic hydroxyl groups is 1. The minimum atomic E-state index is -1.03. The number of non-ortho nitro benzene ring substituents is 1. The second-order valence-electron chi connectivity index (χ2n) is 5.58. The summed E-state index contributed by atoms with van der Waals surface area (Å²) in [5.74, 6) is -0.0224. The van der Waals surface area contributed by atoms with Gasteiger partial charge in [0.1, 0.15) is 24.3 Å². The van der Waals surface area contributed by atoms with E-state index in [4.69, 9.17) is 4.74 Å². The van der Waals surface area contributed by atoms with E-state index in [0.29, 0.717) is 11.3 Å². The van der Waals surface area contributed by atoms with Crippen LogP contribution in [0.2, 0.25) is 0 Å². The highest BCUT2D eigenvalue weighted by Crippen LogP contribution is 2.16. The Labute approximate surface area is 146 Å². The molecule has 0 radical (unpaired) electrons. The van der Waals surface area contributed by atoms with E-state index in [2.05, 4.69) is 4.98 Å². The van der Waals surface area contributed by atoms with Crippen LogP contribution in [0.3, 0.4) is 0 Å². The van der Waals surface area contributed by atoms with Gasteiger partial charge in [0.15, 0.2) is 0 Å². The molecule has 1 N–H and O–H groups in total. The fourth-order valence-electron chi connectivity index (χ4n) is 2.39. The number of hydrogen-bond acceptors (Lipinski definition) is 6. The van der Waals surface area contributed by atoms with Crippen LogP contribution < -0.4 is 10.3 Å². The van der Waals surface area contributed by atoms with Crippen molar-refractivity contribution in [2.24, 2.45) is 0 Å². The number of halogens is 1. The molecule has 2 aromatic carbocycles. The first-order valence-electron chi connectivity index (χ1n) is 7.64. The second kappa shape index (κ2) is 7.28. The average molecular weight is 359 g/mol. The fourth-order valence-corrected chi connectivity index (χ4v) is 2.39. The van der Waals surface area contributed by atoms with Crippen molar-refractivity contribution in [2.45, 2.75) is 12.6 Å². The number of rotatable bonds is 6. The molecule has 134 valence electrons. The average Bonchev–Trinajstić information content (AvgIpc) is 2.63. The van der Waals surface area contributed by atoms with Crippen molar-refractivity contribution in [1.82, 2.24) is 9.55 Å². The zero-order chi connectivity index (χ0) is 18.7. The summed E-state index contributed by atoms with van der Waals surface area (Å²) in [5.41, 5.74) is -0.386. The van der Waals surface area contributed by atoms with E-state index in [1.807, 2.05) is 0 Å². The van der Waals surface area contributed by atoms with Gasteiger partial charge < -0.3 is 9.84 Å². The SMILES string of the molecule is O=c1c2cc([N+](=O)[O-])ccc2ncn1CC(O)COc1ccc(F)cc1. The number of aliphatic hydroxyl groups excluding tert-OH is 1. The predicted molar refractivity (Wildman–Crippen MR) is 90.6 cm³/mol. The van der Waals surface area contributed by atoms with Crippen molar-refractivity contribution in [3.05, 3.63) is 75.1 Å². The van der Waals surface area contributed by atoms with Crippen LogP contribution in [0.15, 0.2) is 53.6 Å². The summed E-state index contributed by atoms with van der Waals surface area (Å²) in [5, 5.41) is 21.0. The van der Waals surface area contributed by atoms with E-state index < -0.39 is 22.4 Å². The number of nitro groups is 1. The van der Waals surface area contributed by atoms with Gasteiger partial charge >= 0.3 is 0 Å². The Morgan fingerprint density at radius 3 is 2.69 bits per heavy atom.